The second-order valence-electron chi connectivity index (χ2n) is 12.3. The molecule has 5 rings (SSSR count). The van der Waals surface area contributed by atoms with Crippen molar-refractivity contribution in [1.82, 2.24) is 20.2 Å². The van der Waals surface area contributed by atoms with E-state index in [0.717, 1.165) is 44.6 Å². The summed E-state index contributed by atoms with van der Waals surface area (Å²) in [6.45, 7) is 9.19. The largest absolute Gasteiger partial charge is 0.493 e. The predicted octanol–water partition coefficient (Wildman–Crippen LogP) is 4.67. The van der Waals surface area contributed by atoms with Crippen LogP contribution in [0.15, 0.2) is 30.6 Å². The first-order valence-electron chi connectivity index (χ1n) is 14.3. The van der Waals surface area contributed by atoms with Gasteiger partial charge in [0.2, 0.25) is 0 Å². The topological polar surface area (TPSA) is 121 Å². The molecule has 0 spiro atoms. The number of aromatic nitrogens is 2. The first kappa shape index (κ1) is 28.9. The third kappa shape index (κ3) is 7.20. The zero-order valence-corrected chi connectivity index (χ0v) is 24.6. The third-order valence-corrected chi connectivity index (χ3v) is 8.37. The molecule has 2 atom stereocenters. The summed E-state index contributed by atoms with van der Waals surface area (Å²) in [6.07, 6.45) is 6.61. The van der Waals surface area contributed by atoms with Gasteiger partial charge in [0, 0.05) is 50.1 Å². The molecule has 1 aliphatic carbocycles. The number of nitrogens with zero attached hydrogens (tertiary/aromatic N) is 5. The molecule has 2 unspecified atom stereocenters. The fourth-order valence-corrected chi connectivity index (χ4v) is 6.09. The summed E-state index contributed by atoms with van der Waals surface area (Å²) < 4.78 is 11.4. The SMILES string of the molecule is CC(C)(C)OC(=O)N1CC2CN(c3cnc(C(=O)NC4CCC(COc5ccc(C#N)c(Cl)c5)CC4)cn3)CC2C1. The highest BCUT2D eigenvalue weighted by Gasteiger charge is 2.43. The molecular formula is C30H37ClN6O4. The Morgan fingerprint density at radius 2 is 1.78 bits per heavy atom. The number of carbonyl (C=O) groups excluding carboxylic acids is 2. The Kier molecular flexibility index (Phi) is 8.55. The average molecular weight is 581 g/mol. The van der Waals surface area contributed by atoms with Gasteiger partial charge in [0.15, 0.2) is 0 Å². The Bertz CT molecular complexity index is 1290. The first-order chi connectivity index (χ1) is 19.6. The minimum absolute atomic E-state index is 0.0930. The molecule has 2 aromatic rings. The minimum atomic E-state index is -0.498. The molecule has 1 aromatic carbocycles. The lowest BCUT2D eigenvalue weighted by Crippen LogP contribution is -2.39. The maximum Gasteiger partial charge on any atom is 0.410 e. The highest BCUT2D eigenvalue weighted by Crippen LogP contribution is 2.34. The van der Waals surface area contributed by atoms with E-state index in [-0.39, 0.29) is 18.0 Å². The van der Waals surface area contributed by atoms with Crippen molar-refractivity contribution in [3.05, 3.63) is 46.9 Å². The van der Waals surface area contributed by atoms with Crippen LogP contribution in [0.1, 0.15) is 62.5 Å². The van der Waals surface area contributed by atoms with Crippen LogP contribution in [0.25, 0.3) is 0 Å². The number of ether oxygens (including phenoxy) is 2. The van der Waals surface area contributed by atoms with Crippen molar-refractivity contribution in [2.24, 2.45) is 17.8 Å². The number of nitrogens with one attached hydrogen (secondary N) is 1. The number of hydrogen-bond donors (Lipinski definition) is 1. The number of amides is 2. The summed E-state index contributed by atoms with van der Waals surface area (Å²) in [7, 11) is 0. The molecule has 3 fully saturated rings. The van der Waals surface area contributed by atoms with Crippen LogP contribution >= 0.6 is 11.6 Å². The van der Waals surface area contributed by atoms with Crippen LogP contribution in [-0.2, 0) is 4.74 Å². The molecule has 11 heteroatoms. The summed E-state index contributed by atoms with van der Waals surface area (Å²) >= 11 is 6.09. The zero-order valence-electron chi connectivity index (χ0n) is 23.8. The van der Waals surface area contributed by atoms with Crippen molar-refractivity contribution in [2.75, 3.05) is 37.7 Å². The normalized spacial score (nSPS) is 24.0. The molecule has 10 nitrogen and oxygen atoms in total. The monoisotopic (exact) mass is 580 g/mol. The average Bonchev–Trinajstić information content (AvgIpc) is 3.52. The van der Waals surface area contributed by atoms with Crippen LogP contribution < -0.4 is 15.0 Å². The van der Waals surface area contributed by atoms with E-state index in [4.69, 9.17) is 26.3 Å². The quantitative estimate of drug-likeness (QED) is 0.523. The minimum Gasteiger partial charge on any atom is -0.493 e. The zero-order chi connectivity index (χ0) is 29.1. The van der Waals surface area contributed by atoms with Gasteiger partial charge in [0.05, 0.1) is 29.6 Å². The second-order valence-corrected chi connectivity index (χ2v) is 12.7. The van der Waals surface area contributed by atoms with Crippen LogP contribution in [0, 0.1) is 29.1 Å². The number of rotatable bonds is 6. The Morgan fingerprint density at radius 3 is 2.37 bits per heavy atom. The van der Waals surface area contributed by atoms with Gasteiger partial charge in [-0.25, -0.2) is 14.8 Å². The van der Waals surface area contributed by atoms with Crippen molar-refractivity contribution < 1.29 is 19.1 Å². The number of halogens is 1. The summed E-state index contributed by atoms with van der Waals surface area (Å²) in [6, 6.07) is 7.24. The fourth-order valence-electron chi connectivity index (χ4n) is 5.88. The summed E-state index contributed by atoms with van der Waals surface area (Å²) in [5, 5.41) is 12.5. The van der Waals surface area contributed by atoms with Gasteiger partial charge in [-0.15, -0.1) is 0 Å². The molecule has 2 aliphatic heterocycles. The van der Waals surface area contributed by atoms with E-state index in [1.54, 1.807) is 30.6 Å². The van der Waals surface area contributed by atoms with Gasteiger partial charge in [-0.2, -0.15) is 5.26 Å². The molecule has 1 saturated carbocycles. The molecule has 3 heterocycles. The number of likely N-dealkylation sites (tertiary alicyclic amines) is 1. The highest BCUT2D eigenvalue weighted by atomic mass is 35.5. The number of hydrogen-bond acceptors (Lipinski definition) is 8. The second kappa shape index (κ2) is 12.1. The van der Waals surface area contributed by atoms with Crippen LogP contribution in [0.3, 0.4) is 0 Å². The number of benzene rings is 1. The molecule has 0 radical (unpaired) electrons. The van der Waals surface area contributed by atoms with E-state index >= 15 is 0 Å². The van der Waals surface area contributed by atoms with E-state index < -0.39 is 5.60 Å². The van der Waals surface area contributed by atoms with Crippen molar-refractivity contribution in [3.8, 4) is 11.8 Å². The predicted molar refractivity (Wildman–Crippen MR) is 154 cm³/mol. The lowest BCUT2D eigenvalue weighted by Gasteiger charge is -2.29. The van der Waals surface area contributed by atoms with Gasteiger partial charge in [-0.05, 0) is 64.5 Å². The Labute approximate surface area is 246 Å². The lowest BCUT2D eigenvalue weighted by molar-refractivity contribution is 0.0282. The van der Waals surface area contributed by atoms with Crippen LogP contribution in [0.4, 0.5) is 10.6 Å². The van der Waals surface area contributed by atoms with Crippen LogP contribution in [0.5, 0.6) is 5.75 Å². The van der Waals surface area contributed by atoms with Gasteiger partial charge in [0.1, 0.15) is 28.9 Å². The summed E-state index contributed by atoms with van der Waals surface area (Å²) in [5.41, 5.74) is 0.246. The molecular weight excluding hydrogens is 544 g/mol. The van der Waals surface area contributed by atoms with E-state index in [1.165, 1.54) is 0 Å². The van der Waals surface area contributed by atoms with E-state index in [2.05, 4.69) is 20.2 Å². The third-order valence-electron chi connectivity index (χ3n) is 8.06. The van der Waals surface area contributed by atoms with Crippen molar-refractivity contribution >= 4 is 29.4 Å². The Hall–Kier alpha value is -3.58. The van der Waals surface area contributed by atoms with E-state index in [9.17, 15) is 9.59 Å². The molecule has 1 N–H and O–H groups in total. The molecule has 3 aliphatic rings. The fraction of sp³-hybridized carbons (Fsp3) is 0.567. The number of carbonyl (C=O) groups is 2. The standard InChI is InChI=1S/C30H37ClN6O4/c1-30(2,3)41-29(39)37-16-21-14-36(15-22(21)17-37)27-13-33-26(12-34-27)28(38)35-23-7-4-19(5-8-23)18-40-24-9-6-20(11-32)25(31)10-24/h6,9-10,12-13,19,21-23H,4-5,7-8,14-18H2,1-3H3,(H,35,38). The van der Waals surface area contributed by atoms with Gasteiger partial charge in [-0.1, -0.05) is 11.6 Å². The van der Waals surface area contributed by atoms with Crippen LogP contribution in [0.2, 0.25) is 5.02 Å². The van der Waals surface area contributed by atoms with Crippen molar-refractivity contribution in [2.45, 2.75) is 58.1 Å². The van der Waals surface area contributed by atoms with E-state index in [1.807, 2.05) is 31.7 Å². The molecule has 2 amide bonds. The molecule has 2 saturated heterocycles. The van der Waals surface area contributed by atoms with E-state index in [0.29, 0.717) is 59.5 Å². The van der Waals surface area contributed by atoms with Gasteiger partial charge in [0.25, 0.3) is 5.91 Å². The molecule has 218 valence electrons. The summed E-state index contributed by atoms with van der Waals surface area (Å²) in [4.78, 5) is 38.2. The first-order valence-corrected chi connectivity index (χ1v) is 14.6. The maximum atomic E-state index is 12.8. The molecule has 0 bridgehead atoms. The number of fused-ring (bicyclic) bond motifs is 1. The smallest absolute Gasteiger partial charge is 0.410 e. The number of anilines is 1. The lowest BCUT2D eigenvalue weighted by atomic mass is 9.86. The summed E-state index contributed by atoms with van der Waals surface area (Å²) in [5.74, 6) is 2.34. The Morgan fingerprint density at radius 1 is 1.07 bits per heavy atom. The highest BCUT2D eigenvalue weighted by molar-refractivity contribution is 6.31. The number of nitriles is 1. The van der Waals surface area contributed by atoms with Gasteiger partial charge < -0.3 is 24.6 Å². The van der Waals surface area contributed by atoms with Crippen molar-refractivity contribution in [3.63, 3.8) is 0 Å². The van der Waals surface area contributed by atoms with Crippen molar-refractivity contribution in [1.29, 1.82) is 5.26 Å². The van der Waals surface area contributed by atoms with Gasteiger partial charge >= 0.3 is 6.09 Å². The maximum absolute atomic E-state index is 12.8. The molecule has 1 aromatic heterocycles. The Balaban J connectivity index is 1.04. The molecule has 41 heavy (non-hydrogen) atoms. The van der Waals surface area contributed by atoms with Crippen LogP contribution in [-0.4, -0.2) is 71.3 Å². The van der Waals surface area contributed by atoms with Gasteiger partial charge in [-0.3, -0.25) is 4.79 Å².